The lowest BCUT2D eigenvalue weighted by molar-refractivity contribution is -0.121. The fourth-order valence-corrected chi connectivity index (χ4v) is 2.11. The maximum atomic E-state index is 11.9. The van der Waals surface area contributed by atoms with Gasteiger partial charge in [-0.2, -0.15) is 0 Å². The molecule has 2 rings (SSSR count). The van der Waals surface area contributed by atoms with Crippen LogP contribution in [0.15, 0.2) is 24.3 Å². The van der Waals surface area contributed by atoms with Crippen molar-refractivity contribution in [2.45, 2.75) is 38.3 Å². The van der Waals surface area contributed by atoms with Gasteiger partial charge >= 0.3 is 0 Å². The predicted octanol–water partition coefficient (Wildman–Crippen LogP) is 1.53. The van der Waals surface area contributed by atoms with Gasteiger partial charge in [-0.05, 0) is 50.5 Å². The van der Waals surface area contributed by atoms with Crippen LogP contribution in [0.5, 0.6) is 0 Å². The number of carbonyl (C=O) groups excluding carboxylic acids is 2. The van der Waals surface area contributed by atoms with Gasteiger partial charge in [-0.25, -0.2) is 0 Å². The predicted molar refractivity (Wildman–Crippen MR) is 89.5 cm³/mol. The number of benzene rings is 1. The fraction of sp³-hybridized carbons (Fsp3) is 0.529. The zero-order chi connectivity index (χ0) is 16.7. The minimum absolute atomic E-state index is 0.0389. The minimum atomic E-state index is -0.344. The highest BCUT2D eigenvalue weighted by Crippen LogP contribution is 2.19. The van der Waals surface area contributed by atoms with Gasteiger partial charge in [0.25, 0.3) is 5.91 Å². The van der Waals surface area contributed by atoms with Crippen LogP contribution in [0.3, 0.4) is 0 Å². The molecule has 0 spiro atoms. The summed E-state index contributed by atoms with van der Waals surface area (Å²) in [6, 6.07) is 7.17. The Morgan fingerprint density at radius 1 is 1.26 bits per heavy atom. The number of nitrogens with one attached hydrogen (secondary N) is 3. The number of carbonyl (C=O) groups is 2. The highest BCUT2D eigenvalue weighted by atomic mass is 16.5. The summed E-state index contributed by atoms with van der Waals surface area (Å²) in [7, 11) is 1.64. The van der Waals surface area contributed by atoms with Gasteiger partial charge in [-0.15, -0.1) is 0 Å². The monoisotopic (exact) mass is 319 g/mol. The van der Waals surface area contributed by atoms with E-state index >= 15 is 0 Å². The second kappa shape index (κ2) is 8.53. The van der Waals surface area contributed by atoms with Crippen LogP contribution in [0.25, 0.3) is 0 Å². The van der Waals surface area contributed by atoms with Crippen LogP contribution in [-0.2, 0) is 9.53 Å². The number of methoxy groups -OCH3 is 1. The summed E-state index contributed by atoms with van der Waals surface area (Å²) in [4.78, 5) is 23.8. The molecule has 1 saturated carbocycles. The summed E-state index contributed by atoms with van der Waals surface area (Å²) in [6.45, 7) is 3.03. The SMILES string of the molecule is COCCCNC(=O)C(C)Nc1ccc(C(=O)NC2CC2)cc1. The maximum absolute atomic E-state index is 11.9. The Bertz CT molecular complexity index is 526. The van der Waals surface area contributed by atoms with Gasteiger partial charge in [-0.1, -0.05) is 0 Å². The van der Waals surface area contributed by atoms with Crippen LogP contribution in [0.2, 0.25) is 0 Å². The van der Waals surface area contributed by atoms with Crippen molar-refractivity contribution in [3.05, 3.63) is 29.8 Å². The Balaban J connectivity index is 1.77. The second-order valence-electron chi connectivity index (χ2n) is 5.83. The molecular weight excluding hydrogens is 294 g/mol. The van der Waals surface area contributed by atoms with E-state index < -0.39 is 0 Å². The molecule has 6 nitrogen and oxygen atoms in total. The summed E-state index contributed by atoms with van der Waals surface area (Å²) in [5.74, 6) is -0.0976. The summed E-state index contributed by atoms with van der Waals surface area (Å²) in [6.07, 6.45) is 2.94. The average molecular weight is 319 g/mol. The average Bonchev–Trinajstić information content (AvgIpc) is 3.36. The Kier molecular flexibility index (Phi) is 6.40. The van der Waals surface area contributed by atoms with Crippen LogP contribution in [0.1, 0.15) is 36.5 Å². The first kappa shape index (κ1) is 17.3. The highest BCUT2D eigenvalue weighted by molar-refractivity contribution is 5.95. The third kappa shape index (κ3) is 5.90. The molecule has 3 N–H and O–H groups in total. The number of ether oxygens (including phenoxy) is 1. The molecule has 0 radical (unpaired) electrons. The van der Waals surface area contributed by atoms with Crippen LogP contribution in [0, 0.1) is 0 Å². The van der Waals surface area contributed by atoms with Crippen LogP contribution < -0.4 is 16.0 Å². The Morgan fingerprint density at radius 2 is 1.96 bits per heavy atom. The summed E-state index contributed by atoms with van der Waals surface area (Å²) < 4.78 is 4.94. The van der Waals surface area contributed by atoms with Crippen molar-refractivity contribution in [2.24, 2.45) is 0 Å². The number of hydrogen-bond acceptors (Lipinski definition) is 4. The standard InChI is InChI=1S/C17H25N3O3/c1-12(16(21)18-10-3-11-23-2)19-14-6-4-13(5-7-14)17(22)20-15-8-9-15/h4-7,12,15,19H,3,8-11H2,1-2H3,(H,18,21)(H,20,22). The molecule has 1 fully saturated rings. The van der Waals surface area contributed by atoms with Gasteiger partial charge in [0, 0.05) is 37.6 Å². The third-order valence-electron chi connectivity index (χ3n) is 3.66. The van der Waals surface area contributed by atoms with E-state index in [0.29, 0.717) is 24.8 Å². The van der Waals surface area contributed by atoms with Gasteiger partial charge < -0.3 is 20.7 Å². The molecule has 23 heavy (non-hydrogen) atoms. The van der Waals surface area contributed by atoms with E-state index in [4.69, 9.17) is 4.74 Å². The number of amides is 2. The van der Waals surface area contributed by atoms with Crippen molar-refractivity contribution in [3.63, 3.8) is 0 Å². The highest BCUT2D eigenvalue weighted by Gasteiger charge is 2.23. The van der Waals surface area contributed by atoms with Gasteiger partial charge in [0.1, 0.15) is 6.04 Å². The lowest BCUT2D eigenvalue weighted by Gasteiger charge is -2.15. The normalized spacial score (nSPS) is 14.9. The molecule has 126 valence electrons. The van der Waals surface area contributed by atoms with E-state index in [1.165, 1.54) is 0 Å². The molecule has 0 aliphatic heterocycles. The van der Waals surface area contributed by atoms with E-state index in [0.717, 1.165) is 24.9 Å². The largest absolute Gasteiger partial charge is 0.385 e. The molecule has 1 atom stereocenters. The first-order valence-corrected chi connectivity index (χ1v) is 8.04. The van der Waals surface area contributed by atoms with Gasteiger partial charge in [0.2, 0.25) is 5.91 Å². The molecule has 1 aliphatic rings. The zero-order valence-corrected chi connectivity index (χ0v) is 13.7. The summed E-state index contributed by atoms with van der Waals surface area (Å²) in [5.41, 5.74) is 1.45. The van der Waals surface area contributed by atoms with E-state index in [-0.39, 0.29) is 17.9 Å². The quantitative estimate of drug-likeness (QED) is 0.603. The molecule has 0 heterocycles. The number of rotatable bonds is 9. The van der Waals surface area contributed by atoms with Crippen LogP contribution in [-0.4, -0.2) is 44.2 Å². The number of anilines is 1. The Morgan fingerprint density at radius 3 is 2.57 bits per heavy atom. The maximum Gasteiger partial charge on any atom is 0.251 e. The topological polar surface area (TPSA) is 79.5 Å². The van der Waals surface area contributed by atoms with Crippen molar-refractivity contribution < 1.29 is 14.3 Å². The van der Waals surface area contributed by atoms with Gasteiger partial charge in [0.15, 0.2) is 0 Å². The van der Waals surface area contributed by atoms with Crippen molar-refractivity contribution in [1.82, 2.24) is 10.6 Å². The van der Waals surface area contributed by atoms with Crippen molar-refractivity contribution in [2.75, 3.05) is 25.6 Å². The van der Waals surface area contributed by atoms with Crippen molar-refractivity contribution in [1.29, 1.82) is 0 Å². The molecule has 0 aromatic heterocycles. The number of hydrogen-bond donors (Lipinski definition) is 3. The van der Waals surface area contributed by atoms with E-state index in [2.05, 4.69) is 16.0 Å². The molecule has 6 heteroatoms. The Hall–Kier alpha value is -2.08. The van der Waals surface area contributed by atoms with Crippen molar-refractivity contribution in [3.8, 4) is 0 Å². The molecule has 1 aromatic carbocycles. The summed E-state index contributed by atoms with van der Waals surface area (Å²) in [5, 5.41) is 8.93. The second-order valence-corrected chi connectivity index (χ2v) is 5.83. The van der Waals surface area contributed by atoms with E-state index in [1.807, 2.05) is 12.1 Å². The molecule has 2 amide bonds. The van der Waals surface area contributed by atoms with Crippen LogP contribution in [0.4, 0.5) is 5.69 Å². The van der Waals surface area contributed by atoms with Gasteiger partial charge in [-0.3, -0.25) is 9.59 Å². The first-order valence-electron chi connectivity index (χ1n) is 8.04. The van der Waals surface area contributed by atoms with E-state index in [9.17, 15) is 9.59 Å². The molecule has 1 aliphatic carbocycles. The smallest absolute Gasteiger partial charge is 0.251 e. The lowest BCUT2D eigenvalue weighted by atomic mass is 10.2. The Labute approximate surface area is 137 Å². The molecule has 1 unspecified atom stereocenters. The van der Waals surface area contributed by atoms with Gasteiger partial charge in [0.05, 0.1) is 0 Å². The molecule has 1 aromatic rings. The van der Waals surface area contributed by atoms with Crippen molar-refractivity contribution >= 4 is 17.5 Å². The fourth-order valence-electron chi connectivity index (χ4n) is 2.11. The lowest BCUT2D eigenvalue weighted by Crippen LogP contribution is -2.38. The molecule has 0 bridgehead atoms. The third-order valence-corrected chi connectivity index (χ3v) is 3.66. The van der Waals surface area contributed by atoms with E-state index in [1.54, 1.807) is 26.2 Å². The first-order chi connectivity index (χ1) is 11.1. The minimum Gasteiger partial charge on any atom is -0.385 e. The molecular formula is C17H25N3O3. The zero-order valence-electron chi connectivity index (χ0n) is 13.7. The summed E-state index contributed by atoms with van der Waals surface area (Å²) >= 11 is 0. The molecule has 0 saturated heterocycles. The van der Waals surface area contributed by atoms with Crippen LogP contribution >= 0.6 is 0 Å².